The molecule has 0 aliphatic heterocycles. The molecule has 0 saturated heterocycles. The predicted octanol–water partition coefficient (Wildman–Crippen LogP) is 3.16. The molecule has 0 radical (unpaired) electrons. The van der Waals surface area contributed by atoms with E-state index in [0.29, 0.717) is 0 Å². The van der Waals surface area contributed by atoms with Crippen LogP contribution in [-0.2, 0) is 4.79 Å². The first-order valence-electron chi connectivity index (χ1n) is 5.16. The van der Waals surface area contributed by atoms with Crippen LogP contribution < -0.4 is 5.32 Å². The molecule has 0 saturated carbocycles. The van der Waals surface area contributed by atoms with E-state index in [1.807, 2.05) is 36.6 Å². The lowest BCUT2D eigenvalue weighted by Gasteiger charge is -2.13. The van der Waals surface area contributed by atoms with Crippen molar-refractivity contribution in [3.63, 3.8) is 0 Å². The van der Waals surface area contributed by atoms with E-state index < -0.39 is 0 Å². The van der Waals surface area contributed by atoms with E-state index in [0.717, 1.165) is 18.5 Å². The van der Waals surface area contributed by atoms with Gasteiger partial charge in [-0.15, -0.1) is 0 Å². The van der Waals surface area contributed by atoms with Gasteiger partial charge in [0.2, 0.25) is 5.91 Å². The minimum atomic E-state index is 0.0650. The number of thioether (sulfide) groups is 1. The molecular formula is C12H17NOS. The van der Waals surface area contributed by atoms with Crippen LogP contribution in [0, 0.1) is 0 Å². The van der Waals surface area contributed by atoms with E-state index in [1.54, 1.807) is 11.8 Å². The molecule has 0 heterocycles. The molecule has 1 unspecified atom stereocenters. The molecule has 1 atom stereocenters. The first kappa shape index (κ1) is 12.1. The van der Waals surface area contributed by atoms with Gasteiger partial charge in [-0.3, -0.25) is 4.79 Å². The Hall–Kier alpha value is -0.960. The van der Waals surface area contributed by atoms with Crippen LogP contribution in [0.2, 0.25) is 0 Å². The van der Waals surface area contributed by atoms with E-state index in [2.05, 4.69) is 12.2 Å². The summed E-state index contributed by atoms with van der Waals surface area (Å²) in [6.45, 7) is 2.10. The van der Waals surface area contributed by atoms with Crippen molar-refractivity contribution in [1.29, 1.82) is 0 Å². The summed E-state index contributed by atoms with van der Waals surface area (Å²) in [5.74, 6) is 0.107. The Morgan fingerprint density at radius 1 is 1.40 bits per heavy atom. The highest BCUT2D eigenvalue weighted by atomic mass is 32.2. The second kappa shape index (κ2) is 6.51. The van der Waals surface area contributed by atoms with Gasteiger partial charge in [-0.1, -0.05) is 31.5 Å². The summed E-state index contributed by atoms with van der Waals surface area (Å²) in [7, 11) is 0. The third-order valence-electron chi connectivity index (χ3n) is 2.17. The maximum Gasteiger partial charge on any atom is 0.237 e. The molecule has 1 aromatic rings. The molecule has 1 N–H and O–H groups in total. The zero-order chi connectivity index (χ0) is 11.1. The summed E-state index contributed by atoms with van der Waals surface area (Å²) >= 11 is 1.61. The van der Waals surface area contributed by atoms with Crippen LogP contribution in [0.5, 0.6) is 0 Å². The Kier molecular flexibility index (Phi) is 5.26. The summed E-state index contributed by atoms with van der Waals surface area (Å²) in [4.78, 5) is 11.8. The van der Waals surface area contributed by atoms with Crippen molar-refractivity contribution < 1.29 is 4.79 Å². The van der Waals surface area contributed by atoms with Gasteiger partial charge in [0.05, 0.1) is 5.25 Å². The van der Waals surface area contributed by atoms with Crippen molar-refractivity contribution in [1.82, 2.24) is 0 Å². The normalized spacial score (nSPS) is 12.1. The van der Waals surface area contributed by atoms with Crippen LogP contribution >= 0.6 is 11.8 Å². The third-order valence-corrected chi connectivity index (χ3v) is 3.19. The molecule has 82 valence electrons. The Balaban J connectivity index is 2.54. The minimum absolute atomic E-state index is 0.0650. The Morgan fingerprint density at radius 2 is 2.07 bits per heavy atom. The molecule has 0 aromatic heterocycles. The number of carbonyl (C=O) groups excluding carboxylic acids is 1. The number of nitrogens with one attached hydrogen (secondary N) is 1. The molecule has 1 rings (SSSR count). The van der Waals surface area contributed by atoms with E-state index in [9.17, 15) is 4.79 Å². The average Bonchev–Trinajstić information content (AvgIpc) is 2.27. The number of para-hydroxylation sites is 1. The summed E-state index contributed by atoms with van der Waals surface area (Å²) in [5.41, 5.74) is 0.873. The van der Waals surface area contributed by atoms with Gasteiger partial charge < -0.3 is 5.32 Å². The highest BCUT2D eigenvalue weighted by Gasteiger charge is 2.15. The molecule has 0 bridgehead atoms. The first-order valence-corrected chi connectivity index (χ1v) is 6.45. The van der Waals surface area contributed by atoms with E-state index in [1.165, 1.54) is 0 Å². The smallest absolute Gasteiger partial charge is 0.237 e. The van der Waals surface area contributed by atoms with Gasteiger partial charge in [-0.25, -0.2) is 0 Å². The maximum absolute atomic E-state index is 11.8. The lowest BCUT2D eigenvalue weighted by Crippen LogP contribution is -2.24. The van der Waals surface area contributed by atoms with Crippen molar-refractivity contribution in [2.45, 2.75) is 25.0 Å². The zero-order valence-electron chi connectivity index (χ0n) is 9.19. The Bertz CT molecular complexity index is 300. The molecule has 0 aliphatic carbocycles. The first-order chi connectivity index (χ1) is 7.27. The van der Waals surface area contributed by atoms with Crippen LogP contribution in [0.4, 0.5) is 5.69 Å². The molecule has 0 fully saturated rings. The standard InChI is InChI=1S/C12H17NOS/c1-3-7-11(15-2)12(14)13-10-8-5-4-6-9-10/h4-6,8-9,11H,3,7H2,1-2H3,(H,13,14). The molecule has 0 aliphatic rings. The second-order valence-corrected chi connectivity index (χ2v) is 4.41. The fraction of sp³-hybridized carbons (Fsp3) is 0.417. The highest BCUT2D eigenvalue weighted by Crippen LogP contribution is 2.15. The third kappa shape index (κ3) is 3.96. The molecule has 15 heavy (non-hydrogen) atoms. The SMILES string of the molecule is CCCC(SC)C(=O)Nc1ccccc1. The van der Waals surface area contributed by atoms with E-state index >= 15 is 0 Å². The van der Waals surface area contributed by atoms with Crippen molar-refractivity contribution in [3.8, 4) is 0 Å². The van der Waals surface area contributed by atoms with Crippen molar-refractivity contribution in [2.24, 2.45) is 0 Å². The topological polar surface area (TPSA) is 29.1 Å². The summed E-state index contributed by atoms with van der Waals surface area (Å²) < 4.78 is 0. The van der Waals surface area contributed by atoms with E-state index in [4.69, 9.17) is 0 Å². The number of rotatable bonds is 5. The van der Waals surface area contributed by atoms with Gasteiger partial charge in [0.1, 0.15) is 0 Å². The Morgan fingerprint density at radius 3 is 2.60 bits per heavy atom. The van der Waals surface area contributed by atoms with Crippen molar-refractivity contribution >= 4 is 23.4 Å². The quantitative estimate of drug-likeness (QED) is 0.830. The molecule has 3 heteroatoms. The number of carbonyl (C=O) groups is 1. The van der Waals surface area contributed by atoms with Gasteiger partial charge in [0.25, 0.3) is 0 Å². The number of hydrogen-bond donors (Lipinski definition) is 1. The molecule has 0 spiro atoms. The molecule has 1 amide bonds. The van der Waals surface area contributed by atoms with Crippen molar-refractivity contribution in [3.05, 3.63) is 30.3 Å². The zero-order valence-corrected chi connectivity index (χ0v) is 10.0. The van der Waals surface area contributed by atoms with Crippen LogP contribution in [0.1, 0.15) is 19.8 Å². The number of anilines is 1. The Labute approximate surface area is 95.5 Å². The predicted molar refractivity (Wildman–Crippen MR) is 67.3 cm³/mol. The lowest BCUT2D eigenvalue weighted by atomic mass is 10.2. The van der Waals surface area contributed by atoms with Gasteiger partial charge in [-0.2, -0.15) is 11.8 Å². The minimum Gasteiger partial charge on any atom is -0.325 e. The van der Waals surface area contributed by atoms with Crippen molar-refractivity contribution in [2.75, 3.05) is 11.6 Å². The van der Waals surface area contributed by atoms with Gasteiger partial charge in [0, 0.05) is 5.69 Å². The van der Waals surface area contributed by atoms with Gasteiger partial charge >= 0.3 is 0 Å². The average molecular weight is 223 g/mol. The van der Waals surface area contributed by atoms with Gasteiger partial charge in [0.15, 0.2) is 0 Å². The molecule has 1 aromatic carbocycles. The fourth-order valence-electron chi connectivity index (χ4n) is 1.36. The molecule has 2 nitrogen and oxygen atoms in total. The van der Waals surface area contributed by atoms with Crippen LogP contribution in [0.3, 0.4) is 0 Å². The number of amides is 1. The second-order valence-electron chi connectivity index (χ2n) is 3.37. The maximum atomic E-state index is 11.8. The molecular weight excluding hydrogens is 206 g/mol. The largest absolute Gasteiger partial charge is 0.325 e. The number of hydrogen-bond acceptors (Lipinski definition) is 2. The van der Waals surface area contributed by atoms with Crippen LogP contribution in [0.25, 0.3) is 0 Å². The summed E-state index contributed by atoms with van der Waals surface area (Å²) in [6, 6.07) is 9.59. The van der Waals surface area contributed by atoms with Gasteiger partial charge in [-0.05, 0) is 24.8 Å². The van der Waals surface area contributed by atoms with Crippen LogP contribution in [-0.4, -0.2) is 17.4 Å². The van der Waals surface area contributed by atoms with Crippen LogP contribution in [0.15, 0.2) is 30.3 Å². The highest BCUT2D eigenvalue weighted by molar-refractivity contribution is 7.99. The van der Waals surface area contributed by atoms with E-state index in [-0.39, 0.29) is 11.2 Å². The summed E-state index contributed by atoms with van der Waals surface area (Å²) in [5, 5.41) is 2.98. The number of benzene rings is 1. The summed E-state index contributed by atoms with van der Waals surface area (Å²) in [6.07, 6.45) is 3.94. The lowest BCUT2D eigenvalue weighted by molar-refractivity contribution is -0.115. The monoisotopic (exact) mass is 223 g/mol. The fourth-order valence-corrected chi connectivity index (χ4v) is 2.11.